The van der Waals surface area contributed by atoms with E-state index in [1.807, 2.05) is 6.07 Å². The molecule has 0 heterocycles. The quantitative estimate of drug-likeness (QED) is 0.868. The van der Waals surface area contributed by atoms with Crippen LogP contribution in [0.5, 0.6) is 0 Å². The van der Waals surface area contributed by atoms with Crippen molar-refractivity contribution in [1.29, 1.82) is 0 Å². The Balaban J connectivity index is 2.26. The molecule has 0 spiro atoms. The average molecular weight is 309 g/mol. The SMILES string of the molecule is CN(c1ccc(F)c(F)c1)S(=O)(=O)/C=C/c1ccccc1. The van der Waals surface area contributed by atoms with Crippen LogP contribution in [-0.2, 0) is 10.0 Å². The van der Waals surface area contributed by atoms with Gasteiger partial charge >= 0.3 is 0 Å². The lowest BCUT2D eigenvalue weighted by Gasteiger charge is -2.17. The molecule has 2 aromatic rings. The van der Waals surface area contributed by atoms with Crippen LogP contribution in [-0.4, -0.2) is 15.5 Å². The van der Waals surface area contributed by atoms with Gasteiger partial charge in [0.2, 0.25) is 0 Å². The molecule has 0 bridgehead atoms. The predicted molar refractivity (Wildman–Crippen MR) is 79.2 cm³/mol. The van der Waals surface area contributed by atoms with Crippen molar-refractivity contribution >= 4 is 21.8 Å². The third-order valence-corrected chi connectivity index (χ3v) is 4.33. The number of hydrogen-bond donors (Lipinski definition) is 0. The van der Waals surface area contributed by atoms with Crippen LogP contribution in [0, 0.1) is 11.6 Å². The Morgan fingerprint density at radius 1 is 1.00 bits per heavy atom. The smallest absolute Gasteiger partial charge is 0.257 e. The largest absolute Gasteiger partial charge is 0.270 e. The summed E-state index contributed by atoms with van der Waals surface area (Å²) in [6.07, 6.45) is 1.44. The molecule has 2 rings (SSSR count). The van der Waals surface area contributed by atoms with Gasteiger partial charge in [-0.15, -0.1) is 0 Å². The molecule has 0 aliphatic carbocycles. The molecular formula is C15H13F2NO2S. The summed E-state index contributed by atoms with van der Waals surface area (Å²) in [5, 5.41) is 1.02. The van der Waals surface area contributed by atoms with Gasteiger partial charge in [0.15, 0.2) is 11.6 Å². The topological polar surface area (TPSA) is 37.4 Å². The molecule has 110 valence electrons. The number of sulfonamides is 1. The second kappa shape index (κ2) is 6.05. The molecule has 0 saturated carbocycles. The van der Waals surface area contributed by atoms with Crippen molar-refractivity contribution < 1.29 is 17.2 Å². The molecule has 0 atom stereocenters. The molecule has 21 heavy (non-hydrogen) atoms. The average Bonchev–Trinajstić information content (AvgIpc) is 2.48. The summed E-state index contributed by atoms with van der Waals surface area (Å²) in [7, 11) is -2.50. The molecule has 0 fully saturated rings. The number of rotatable bonds is 4. The van der Waals surface area contributed by atoms with Crippen molar-refractivity contribution in [3.63, 3.8) is 0 Å². The maximum atomic E-state index is 13.2. The van der Waals surface area contributed by atoms with Crippen molar-refractivity contribution in [1.82, 2.24) is 0 Å². The first-order valence-corrected chi connectivity index (χ1v) is 7.57. The highest BCUT2D eigenvalue weighted by Crippen LogP contribution is 2.20. The second-order valence-corrected chi connectivity index (χ2v) is 6.17. The number of hydrogen-bond acceptors (Lipinski definition) is 2. The zero-order valence-electron chi connectivity index (χ0n) is 11.2. The predicted octanol–water partition coefficient (Wildman–Crippen LogP) is 3.40. The monoisotopic (exact) mass is 309 g/mol. The minimum Gasteiger partial charge on any atom is -0.270 e. The Bertz CT molecular complexity index is 758. The molecule has 3 nitrogen and oxygen atoms in total. The maximum Gasteiger partial charge on any atom is 0.257 e. The Hall–Kier alpha value is -2.21. The number of anilines is 1. The fraction of sp³-hybridized carbons (Fsp3) is 0.0667. The van der Waals surface area contributed by atoms with Crippen molar-refractivity contribution in [3.05, 3.63) is 71.1 Å². The number of nitrogens with zero attached hydrogens (tertiary/aromatic N) is 1. The zero-order chi connectivity index (χ0) is 15.5. The van der Waals surface area contributed by atoms with Gasteiger partial charge in [0.05, 0.1) is 11.1 Å². The van der Waals surface area contributed by atoms with Gasteiger partial charge < -0.3 is 0 Å². The molecule has 0 aliphatic heterocycles. The Kier molecular flexibility index (Phi) is 4.37. The highest BCUT2D eigenvalue weighted by molar-refractivity contribution is 7.95. The van der Waals surface area contributed by atoms with Gasteiger partial charge in [-0.1, -0.05) is 30.3 Å². The molecule has 0 radical (unpaired) electrons. The lowest BCUT2D eigenvalue weighted by Crippen LogP contribution is -2.24. The Labute approximate surface area is 122 Å². The van der Waals surface area contributed by atoms with Crippen LogP contribution in [0.4, 0.5) is 14.5 Å². The van der Waals surface area contributed by atoms with E-state index < -0.39 is 21.7 Å². The van der Waals surface area contributed by atoms with Crippen LogP contribution in [0.15, 0.2) is 53.9 Å². The summed E-state index contributed by atoms with van der Waals surface area (Å²) < 4.78 is 51.2. The van der Waals surface area contributed by atoms with Gasteiger partial charge in [-0.25, -0.2) is 17.2 Å². The van der Waals surface area contributed by atoms with Gasteiger partial charge in [0, 0.05) is 13.1 Å². The van der Waals surface area contributed by atoms with Gasteiger partial charge in [0.1, 0.15) is 0 Å². The van der Waals surface area contributed by atoms with E-state index >= 15 is 0 Å². The summed E-state index contributed by atoms with van der Waals surface area (Å²) >= 11 is 0. The van der Waals surface area contributed by atoms with E-state index in [0.717, 1.165) is 27.4 Å². The second-order valence-electron chi connectivity index (χ2n) is 4.32. The molecule has 0 N–H and O–H groups in total. The lowest BCUT2D eigenvalue weighted by molar-refractivity contribution is 0.509. The van der Waals surface area contributed by atoms with Crippen molar-refractivity contribution in [2.45, 2.75) is 0 Å². The van der Waals surface area contributed by atoms with Crippen LogP contribution in [0.25, 0.3) is 6.08 Å². The number of benzene rings is 2. The fourth-order valence-corrected chi connectivity index (χ4v) is 2.57. The van der Waals surface area contributed by atoms with Crippen molar-refractivity contribution in [2.24, 2.45) is 0 Å². The summed E-state index contributed by atoms with van der Waals surface area (Å²) in [4.78, 5) is 0. The normalized spacial score (nSPS) is 11.8. The van der Waals surface area contributed by atoms with Gasteiger partial charge in [-0.3, -0.25) is 4.31 Å². The third-order valence-electron chi connectivity index (χ3n) is 2.88. The van der Waals surface area contributed by atoms with Crippen LogP contribution in [0.3, 0.4) is 0 Å². The summed E-state index contributed by atoms with van der Waals surface area (Å²) in [6.45, 7) is 0. The lowest BCUT2D eigenvalue weighted by atomic mass is 10.2. The first-order valence-electron chi connectivity index (χ1n) is 6.07. The van der Waals surface area contributed by atoms with Gasteiger partial charge in [-0.2, -0.15) is 0 Å². The van der Waals surface area contributed by atoms with E-state index in [1.54, 1.807) is 24.3 Å². The van der Waals surface area contributed by atoms with Crippen LogP contribution < -0.4 is 4.31 Å². The van der Waals surface area contributed by atoms with E-state index in [9.17, 15) is 17.2 Å². The van der Waals surface area contributed by atoms with Crippen LogP contribution in [0.2, 0.25) is 0 Å². The molecular weight excluding hydrogens is 296 g/mol. The first-order chi connectivity index (χ1) is 9.90. The van der Waals surface area contributed by atoms with E-state index in [2.05, 4.69) is 0 Å². The molecule has 0 aromatic heterocycles. The highest BCUT2D eigenvalue weighted by Gasteiger charge is 2.16. The molecule has 0 saturated heterocycles. The minimum atomic E-state index is -3.78. The first kappa shape index (κ1) is 15.2. The molecule has 6 heteroatoms. The molecule has 2 aromatic carbocycles. The maximum absolute atomic E-state index is 13.2. The van der Waals surface area contributed by atoms with Crippen LogP contribution in [0.1, 0.15) is 5.56 Å². The van der Waals surface area contributed by atoms with Crippen molar-refractivity contribution in [2.75, 3.05) is 11.4 Å². The van der Waals surface area contributed by atoms with E-state index in [4.69, 9.17) is 0 Å². The fourth-order valence-electron chi connectivity index (χ4n) is 1.65. The van der Waals surface area contributed by atoms with Gasteiger partial charge in [-0.05, 0) is 23.8 Å². The zero-order valence-corrected chi connectivity index (χ0v) is 12.0. The van der Waals surface area contributed by atoms with Gasteiger partial charge in [0.25, 0.3) is 10.0 Å². The molecule has 0 unspecified atom stereocenters. The van der Waals surface area contributed by atoms with Crippen LogP contribution >= 0.6 is 0 Å². The summed E-state index contributed by atoms with van der Waals surface area (Å²) in [5.74, 6) is -2.12. The van der Waals surface area contributed by atoms with E-state index in [-0.39, 0.29) is 5.69 Å². The Morgan fingerprint density at radius 3 is 2.29 bits per heavy atom. The molecule has 0 aliphatic rings. The Morgan fingerprint density at radius 2 is 1.67 bits per heavy atom. The third kappa shape index (κ3) is 3.66. The standard InChI is InChI=1S/C15H13F2NO2S/c1-18(13-7-8-14(16)15(17)11-13)21(19,20)10-9-12-5-3-2-4-6-12/h2-11H,1H3/b10-9+. The number of halogens is 2. The highest BCUT2D eigenvalue weighted by atomic mass is 32.2. The molecule has 0 amide bonds. The van der Waals surface area contributed by atoms with Crippen molar-refractivity contribution in [3.8, 4) is 0 Å². The summed E-state index contributed by atoms with van der Waals surface area (Å²) in [5.41, 5.74) is 0.770. The van der Waals surface area contributed by atoms with E-state index in [1.165, 1.54) is 19.2 Å². The summed E-state index contributed by atoms with van der Waals surface area (Å²) in [6, 6.07) is 11.8. The van der Waals surface area contributed by atoms with E-state index in [0.29, 0.717) is 0 Å². The minimum absolute atomic E-state index is 0.0478.